The quantitative estimate of drug-likeness (QED) is 0.702. The van der Waals surface area contributed by atoms with Gasteiger partial charge in [-0.25, -0.2) is 0 Å². The third kappa shape index (κ3) is 7.54. The zero-order valence-corrected chi connectivity index (χ0v) is 11.1. The van der Waals surface area contributed by atoms with E-state index in [1.165, 1.54) is 0 Å². The van der Waals surface area contributed by atoms with Gasteiger partial charge in [0.15, 0.2) is 0 Å². The summed E-state index contributed by atoms with van der Waals surface area (Å²) >= 11 is 0. The predicted molar refractivity (Wildman–Crippen MR) is 68.3 cm³/mol. The normalized spacial score (nSPS) is 20.7. The molecule has 102 valence electrons. The van der Waals surface area contributed by atoms with E-state index in [1.807, 2.05) is 6.92 Å². The molecule has 6 heteroatoms. The molecule has 0 aromatic carbocycles. The number of rotatable bonds is 7. The number of hydrogen-bond acceptors (Lipinski definition) is 4. The minimum atomic E-state index is 0. The number of amides is 1. The first-order valence-electron chi connectivity index (χ1n) is 5.91. The third-order valence-electron chi connectivity index (χ3n) is 2.49. The van der Waals surface area contributed by atoms with E-state index in [4.69, 9.17) is 15.2 Å². The monoisotopic (exact) mass is 266 g/mol. The molecule has 0 radical (unpaired) electrons. The van der Waals surface area contributed by atoms with Crippen LogP contribution in [-0.4, -0.2) is 44.4 Å². The molecule has 0 saturated carbocycles. The molecule has 0 aromatic heterocycles. The van der Waals surface area contributed by atoms with Crippen molar-refractivity contribution in [3.63, 3.8) is 0 Å². The maximum atomic E-state index is 11.4. The first-order valence-corrected chi connectivity index (χ1v) is 5.91. The molecule has 1 fully saturated rings. The molecule has 0 aliphatic carbocycles. The highest BCUT2D eigenvalue weighted by molar-refractivity contribution is 5.85. The predicted octanol–water partition coefficient (Wildman–Crippen LogP) is 0.457. The van der Waals surface area contributed by atoms with Crippen LogP contribution in [0.2, 0.25) is 0 Å². The lowest BCUT2D eigenvalue weighted by Crippen LogP contribution is -2.37. The molecular formula is C11H23ClN2O3. The van der Waals surface area contributed by atoms with Gasteiger partial charge >= 0.3 is 0 Å². The molecular weight excluding hydrogens is 244 g/mol. The maximum Gasteiger partial charge on any atom is 0.220 e. The maximum absolute atomic E-state index is 11.4. The molecule has 1 aliphatic rings. The molecule has 0 spiro atoms. The second-order valence-electron chi connectivity index (χ2n) is 4.18. The fourth-order valence-corrected chi connectivity index (χ4v) is 1.58. The number of hydrogen-bond donors (Lipinski definition) is 2. The molecule has 1 aliphatic heterocycles. The fourth-order valence-electron chi connectivity index (χ4n) is 1.58. The van der Waals surface area contributed by atoms with Gasteiger partial charge in [0.05, 0.1) is 19.3 Å². The molecule has 2 atom stereocenters. The van der Waals surface area contributed by atoms with E-state index >= 15 is 0 Å². The van der Waals surface area contributed by atoms with Crippen LogP contribution in [-0.2, 0) is 14.3 Å². The molecule has 3 N–H and O–H groups in total. The van der Waals surface area contributed by atoms with E-state index in [0.717, 1.165) is 19.4 Å². The van der Waals surface area contributed by atoms with Crippen LogP contribution >= 0.6 is 12.4 Å². The number of halogens is 1. The molecule has 0 aromatic rings. The van der Waals surface area contributed by atoms with Crippen LogP contribution in [0.3, 0.4) is 0 Å². The topological polar surface area (TPSA) is 73.6 Å². The summed E-state index contributed by atoms with van der Waals surface area (Å²) in [5.41, 5.74) is 5.33. The van der Waals surface area contributed by atoms with E-state index in [9.17, 15) is 4.79 Å². The Bertz CT molecular complexity index is 211. The summed E-state index contributed by atoms with van der Waals surface area (Å²) in [7, 11) is 0. The largest absolute Gasteiger partial charge is 0.379 e. The van der Waals surface area contributed by atoms with Gasteiger partial charge < -0.3 is 20.5 Å². The number of carbonyl (C=O) groups excluding carboxylic acids is 1. The SMILES string of the molecule is CC(COC1CCOC1)NC(=O)CCCN.Cl. The third-order valence-corrected chi connectivity index (χ3v) is 2.49. The van der Waals surface area contributed by atoms with Crippen LogP contribution in [0, 0.1) is 0 Å². The fraction of sp³-hybridized carbons (Fsp3) is 0.909. The summed E-state index contributed by atoms with van der Waals surface area (Å²) in [6.07, 6.45) is 2.38. The Morgan fingerprint density at radius 3 is 3.00 bits per heavy atom. The minimum Gasteiger partial charge on any atom is -0.379 e. The van der Waals surface area contributed by atoms with Gasteiger partial charge in [-0.1, -0.05) is 0 Å². The van der Waals surface area contributed by atoms with Gasteiger partial charge in [0.2, 0.25) is 5.91 Å². The molecule has 17 heavy (non-hydrogen) atoms. The van der Waals surface area contributed by atoms with Crippen molar-refractivity contribution >= 4 is 18.3 Å². The zero-order valence-electron chi connectivity index (χ0n) is 10.3. The Labute approximate surface area is 109 Å². The first-order chi connectivity index (χ1) is 7.72. The number of carbonyl (C=O) groups is 1. The second kappa shape index (κ2) is 9.65. The summed E-state index contributed by atoms with van der Waals surface area (Å²) in [5.74, 6) is 0.0456. The van der Waals surface area contributed by atoms with E-state index in [-0.39, 0.29) is 30.5 Å². The number of ether oxygens (including phenoxy) is 2. The van der Waals surface area contributed by atoms with Crippen molar-refractivity contribution in [1.82, 2.24) is 5.32 Å². The Balaban J connectivity index is 0.00000256. The lowest BCUT2D eigenvalue weighted by molar-refractivity contribution is -0.122. The summed E-state index contributed by atoms with van der Waals surface area (Å²) in [6.45, 7) is 4.49. The smallest absolute Gasteiger partial charge is 0.220 e. The van der Waals surface area contributed by atoms with E-state index < -0.39 is 0 Å². The van der Waals surface area contributed by atoms with E-state index in [1.54, 1.807) is 0 Å². The Hall–Kier alpha value is -0.360. The minimum absolute atomic E-state index is 0. The average molecular weight is 267 g/mol. The van der Waals surface area contributed by atoms with Gasteiger partial charge in [-0.3, -0.25) is 4.79 Å². The van der Waals surface area contributed by atoms with Crippen molar-refractivity contribution in [2.24, 2.45) is 5.73 Å². The number of nitrogens with one attached hydrogen (secondary N) is 1. The van der Waals surface area contributed by atoms with Crippen LogP contribution in [0.5, 0.6) is 0 Å². The summed E-state index contributed by atoms with van der Waals surface area (Å²) in [4.78, 5) is 11.4. The molecule has 5 nitrogen and oxygen atoms in total. The van der Waals surface area contributed by atoms with Crippen molar-refractivity contribution in [2.75, 3.05) is 26.4 Å². The van der Waals surface area contributed by atoms with Crippen LogP contribution < -0.4 is 11.1 Å². The van der Waals surface area contributed by atoms with Gasteiger partial charge in [0.25, 0.3) is 0 Å². The lowest BCUT2D eigenvalue weighted by atomic mass is 10.2. The van der Waals surface area contributed by atoms with Crippen molar-refractivity contribution in [1.29, 1.82) is 0 Å². The highest BCUT2D eigenvalue weighted by Crippen LogP contribution is 2.08. The Kier molecular flexibility index (Phi) is 9.44. The standard InChI is InChI=1S/C11H22N2O3.ClH/c1-9(13-11(14)3-2-5-12)7-16-10-4-6-15-8-10;/h9-10H,2-8,12H2,1H3,(H,13,14);1H. The average Bonchev–Trinajstić information content (AvgIpc) is 2.76. The second-order valence-corrected chi connectivity index (χ2v) is 4.18. The Morgan fingerprint density at radius 2 is 2.41 bits per heavy atom. The molecule has 1 heterocycles. The van der Waals surface area contributed by atoms with Crippen molar-refractivity contribution in [3.05, 3.63) is 0 Å². The van der Waals surface area contributed by atoms with Crippen LogP contribution in [0.25, 0.3) is 0 Å². The number of nitrogens with two attached hydrogens (primary N) is 1. The van der Waals surface area contributed by atoms with Crippen molar-refractivity contribution < 1.29 is 14.3 Å². The highest BCUT2D eigenvalue weighted by atomic mass is 35.5. The van der Waals surface area contributed by atoms with Gasteiger partial charge in [0, 0.05) is 19.1 Å². The molecule has 1 rings (SSSR count). The van der Waals surface area contributed by atoms with Crippen molar-refractivity contribution in [2.45, 2.75) is 38.3 Å². The van der Waals surface area contributed by atoms with Crippen molar-refractivity contribution in [3.8, 4) is 0 Å². The molecule has 0 bridgehead atoms. The summed E-state index contributed by atoms with van der Waals surface area (Å²) < 4.78 is 10.8. The van der Waals surface area contributed by atoms with Crippen LogP contribution in [0.15, 0.2) is 0 Å². The van der Waals surface area contributed by atoms with Gasteiger partial charge in [-0.05, 0) is 26.3 Å². The zero-order chi connectivity index (χ0) is 11.8. The van der Waals surface area contributed by atoms with Gasteiger partial charge in [-0.2, -0.15) is 0 Å². The summed E-state index contributed by atoms with van der Waals surface area (Å²) in [5, 5.41) is 2.88. The summed E-state index contributed by atoms with van der Waals surface area (Å²) in [6, 6.07) is 0.0471. The highest BCUT2D eigenvalue weighted by Gasteiger charge is 2.17. The molecule has 1 amide bonds. The van der Waals surface area contributed by atoms with Gasteiger partial charge in [0.1, 0.15) is 0 Å². The van der Waals surface area contributed by atoms with Crippen LogP contribution in [0.4, 0.5) is 0 Å². The first kappa shape index (κ1) is 16.6. The Morgan fingerprint density at radius 1 is 1.65 bits per heavy atom. The van der Waals surface area contributed by atoms with Gasteiger partial charge in [-0.15, -0.1) is 12.4 Å². The molecule has 2 unspecified atom stereocenters. The lowest BCUT2D eigenvalue weighted by Gasteiger charge is -2.16. The van der Waals surface area contributed by atoms with E-state index in [0.29, 0.717) is 26.2 Å². The molecule has 1 saturated heterocycles. The van der Waals surface area contributed by atoms with E-state index in [2.05, 4.69) is 5.32 Å². The van der Waals surface area contributed by atoms with Crippen LogP contribution in [0.1, 0.15) is 26.2 Å².